The molecule has 7 rings (SSSR count). The highest BCUT2D eigenvalue weighted by atomic mass is 16.5. The van der Waals surface area contributed by atoms with E-state index in [2.05, 4.69) is 0 Å². The highest BCUT2D eigenvalue weighted by Crippen LogP contribution is 2.15. The van der Waals surface area contributed by atoms with Crippen molar-refractivity contribution in [2.24, 2.45) is 0 Å². The molecule has 0 spiro atoms. The Morgan fingerprint density at radius 2 is 0.602 bits per heavy atom. The number of ether oxygens (including phenoxy) is 8. The summed E-state index contributed by atoms with van der Waals surface area (Å²) in [5, 5.41) is 156. The van der Waals surface area contributed by atoms with Crippen LogP contribution in [0.15, 0.2) is 200 Å². The van der Waals surface area contributed by atoms with Crippen molar-refractivity contribution in [3.63, 3.8) is 0 Å². The van der Waals surface area contributed by atoms with Gasteiger partial charge in [0.2, 0.25) is 0 Å². The van der Waals surface area contributed by atoms with E-state index in [0.717, 1.165) is 35.1 Å². The van der Waals surface area contributed by atoms with Crippen LogP contribution in [0.1, 0.15) is 33.4 Å². The van der Waals surface area contributed by atoms with Gasteiger partial charge >= 0.3 is 0 Å². The van der Waals surface area contributed by atoms with E-state index < -0.39 is 54.9 Å². The molecule has 18 N–H and O–H groups in total. The lowest BCUT2D eigenvalue weighted by atomic mass is 10.2. The third kappa shape index (κ3) is 55.2. The van der Waals surface area contributed by atoms with Crippen LogP contribution in [0.3, 0.4) is 0 Å². The number of benzene rings is 7. The minimum atomic E-state index is -0.916. The normalized spacial score (nSPS) is 12.0. The molecule has 7 aromatic carbocycles. The maximum absolute atomic E-state index is 8.98. The maximum atomic E-state index is 8.98. The van der Waals surface area contributed by atoms with E-state index in [4.69, 9.17) is 130 Å². The van der Waals surface area contributed by atoms with Crippen molar-refractivity contribution in [3.8, 4) is 17.2 Å². The molecule has 7 aromatic rings. The molecule has 26 heteroatoms. The van der Waals surface area contributed by atoms with Gasteiger partial charge in [0.15, 0.2) is 0 Å². The lowest BCUT2D eigenvalue weighted by Crippen LogP contribution is -2.25. The summed E-state index contributed by atoms with van der Waals surface area (Å²) in [6.07, 6.45) is -4.50. The summed E-state index contributed by atoms with van der Waals surface area (Å²) in [4.78, 5) is 0. The van der Waals surface area contributed by atoms with Gasteiger partial charge in [0.05, 0.1) is 139 Å². The second kappa shape index (κ2) is 66.9. The monoisotopic (exact) mass is 1450 g/mol. The number of para-hydroxylation sites is 1. The third-order valence-electron chi connectivity index (χ3n) is 13.1. The van der Waals surface area contributed by atoms with Gasteiger partial charge in [0.25, 0.3) is 0 Å². The van der Waals surface area contributed by atoms with E-state index in [0.29, 0.717) is 43.7 Å². The summed E-state index contributed by atoms with van der Waals surface area (Å²) in [5.41, 5.74) is 6.75. The van der Waals surface area contributed by atoms with Crippen LogP contribution in [0.5, 0.6) is 17.2 Å². The summed E-state index contributed by atoms with van der Waals surface area (Å²) in [7, 11) is 0. The molecule has 0 aromatic heterocycles. The number of aliphatic hydroxyl groups excluding tert-OH is 18. The van der Waals surface area contributed by atoms with Crippen LogP contribution in [0.2, 0.25) is 0 Å². The summed E-state index contributed by atoms with van der Waals surface area (Å²) < 4.78 is 41.2. The highest BCUT2D eigenvalue weighted by molar-refractivity contribution is 5.28. The van der Waals surface area contributed by atoms with E-state index in [-0.39, 0.29) is 119 Å². The number of aliphatic hydroxyl groups is 18. The predicted octanol–water partition coefficient (Wildman–Crippen LogP) is 1.89. The zero-order valence-corrected chi connectivity index (χ0v) is 59.0. The van der Waals surface area contributed by atoms with Crippen LogP contribution in [-0.4, -0.2) is 279 Å². The lowest BCUT2D eigenvalue weighted by Gasteiger charge is -2.14. The first kappa shape index (κ1) is 96.0. The molecule has 0 fully saturated rings. The Morgan fingerprint density at radius 3 is 1.01 bits per heavy atom. The van der Waals surface area contributed by atoms with Gasteiger partial charge in [-0.2, -0.15) is 0 Å². The summed E-state index contributed by atoms with van der Waals surface area (Å²) >= 11 is 0. The van der Waals surface area contributed by atoms with Crippen LogP contribution in [-0.2, 0) is 49.7 Å². The topological polar surface area (TPSA) is 438 Å². The van der Waals surface area contributed by atoms with Gasteiger partial charge in [0, 0.05) is 0 Å². The van der Waals surface area contributed by atoms with Gasteiger partial charge in [-0.25, -0.2) is 0 Å². The van der Waals surface area contributed by atoms with E-state index in [1.165, 1.54) is 11.1 Å². The molecule has 0 aliphatic heterocycles. The largest absolute Gasteiger partial charge is 0.491 e. The zero-order valence-electron chi connectivity index (χ0n) is 59.0. The second-order valence-electron chi connectivity index (χ2n) is 22.4. The minimum Gasteiger partial charge on any atom is -0.491 e. The molecule has 0 heterocycles. The summed E-state index contributed by atoms with van der Waals surface area (Å²) in [5.74, 6) is 2.04. The molecule has 0 radical (unpaired) electrons. The molecule has 0 aliphatic carbocycles. The first-order valence-electron chi connectivity index (χ1n) is 33.5. The number of hydrogen-bond donors (Lipinski definition) is 18. The van der Waals surface area contributed by atoms with Crippen molar-refractivity contribution in [1.29, 1.82) is 0 Å². The molecule has 578 valence electrons. The van der Waals surface area contributed by atoms with Crippen LogP contribution >= 0.6 is 0 Å². The average Bonchev–Trinajstić information content (AvgIpc) is 1.03. The summed E-state index contributed by atoms with van der Waals surface area (Å²) in [6.45, 7) is 3.58. The number of rotatable bonds is 40. The molecule has 0 amide bonds. The Kier molecular flexibility index (Phi) is 62.4. The molecule has 0 saturated heterocycles. The van der Waals surface area contributed by atoms with Gasteiger partial charge in [-0.15, -0.1) is 0 Å². The van der Waals surface area contributed by atoms with E-state index in [9.17, 15) is 0 Å². The van der Waals surface area contributed by atoms with E-state index in [1.54, 1.807) is 18.2 Å². The van der Waals surface area contributed by atoms with Crippen molar-refractivity contribution in [1.82, 2.24) is 0 Å². The fourth-order valence-corrected chi connectivity index (χ4v) is 7.31. The molecular formula is C77H114O26. The maximum Gasteiger partial charge on any atom is 0.145 e. The van der Waals surface area contributed by atoms with Crippen molar-refractivity contribution in [2.45, 2.75) is 94.8 Å². The number of aryl methyl sites for hydroxylation is 2. The van der Waals surface area contributed by atoms with Crippen molar-refractivity contribution >= 4 is 0 Å². The Balaban J connectivity index is 0.00000116. The average molecular weight is 1460 g/mol. The van der Waals surface area contributed by atoms with Crippen molar-refractivity contribution in [3.05, 3.63) is 234 Å². The summed E-state index contributed by atoms with van der Waals surface area (Å²) in [6, 6.07) is 63.4. The lowest BCUT2D eigenvalue weighted by molar-refractivity contribution is -0.0364. The Hall–Kier alpha value is -6.98. The smallest absolute Gasteiger partial charge is 0.145 e. The molecule has 0 aliphatic rings. The fourth-order valence-electron chi connectivity index (χ4n) is 7.31. The van der Waals surface area contributed by atoms with Gasteiger partial charge in [-0.3, -0.25) is 0 Å². The molecular weight excluding hydrogens is 1340 g/mol. The van der Waals surface area contributed by atoms with E-state index in [1.807, 2.05) is 196 Å². The Bertz CT molecular complexity index is 2850. The molecule has 5 atom stereocenters. The van der Waals surface area contributed by atoms with E-state index >= 15 is 0 Å². The molecule has 0 bridgehead atoms. The first-order valence-corrected chi connectivity index (χ1v) is 33.5. The third-order valence-corrected chi connectivity index (χ3v) is 13.1. The van der Waals surface area contributed by atoms with Gasteiger partial charge in [0.1, 0.15) is 78.8 Å². The van der Waals surface area contributed by atoms with Crippen LogP contribution < -0.4 is 14.2 Å². The Morgan fingerprint density at radius 1 is 0.262 bits per heavy atom. The zero-order chi connectivity index (χ0) is 76.4. The van der Waals surface area contributed by atoms with Crippen molar-refractivity contribution in [2.75, 3.05) is 132 Å². The fraction of sp³-hybridized carbons (Fsp3) is 0.455. The second-order valence-corrected chi connectivity index (χ2v) is 22.4. The highest BCUT2D eigenvalue weighted by Gasteiger charge is 2.11. The van der Waals surface area contributed by atoms with Gasteiger partial charge < -0.3 is 130 Å². The minimum absolute atomic E-state index is 0.0342. The number of hydrogen-bond acceptors (Lipinski definition) is 26. The van der Waals surface area contributed by atoms with Crippen LogP contribution in [0.4, 0.5) is 0 Å². The molecule has 0 saturated carbocycles. The van der Waals surface area contributed by atoms with Gasteiger partial charge in [-0.05, 0) is 90.9 Å². The van der Waals surface area contributed by atoms with Crippen molar-refractivity contribution < 1.29 is 130 Å². The quantitative estimate of drug-likeness (QED) is 0.0244. The molecule has 5 unspecified atom stereocenters. The molecule has 103 heavy (non-hydrogen) atoms. The Labute approximate surface area is 605 Å². The first-order chi connectivity index (χ1) is 49.9. The SMILES string of the molecule is Cc1ccc(OC(CO)CO)cc1.Cc1cccc(OC(CO)CO)c1.OCC(CO)OCCc1ccccc1.OCC(CO)OCc1ccccc1.OCC(O)COCC(O)CO.OCC(O)COCCc1ccccc1.OCC(O)COCc1ccccc1.OCC(O)COc1ccccc1. The molecule has 26 nitrogen and oxygen atoms in total. The predicted molar refractivity (Wildman–Crippen MR) is 388 cm³/mol. The van der Waals surface area contributed by atoms with Gasteiger partial charge in [-0.1, -0.05) is 169 Å². The standard InChI is InChI=1S/2C11H16O3.4C10H14O3.C9H12O3.C6H14O5/c12-8-11(13)9-14-7-6-10-4-2-1-3-5-10;12-8-11(9-13)14-7-6-10-4-2-1-3-5-10;1-8-2-4-9(5-3-8)13-10(6-11)7-12;1-8-3-2-4-9(5-8)13-10(6-11)7-12;11-6-10(7-12)13-8-9-4-2-1-3-5-9;11-6-10(12)8-13-7-9-4-2-1-3-5-9;10-6-8(11)7-12-9-4-2-1-3-5-9;7-1-5(9)3-11-4-6(10)2-8/h2*1-5,11-13H,6-9H2;2*2-5,10-12H,6-7H2,1H3;2*1-5,10-12H,6-8H2;1-5,8,10-11H,6-7H2;5-10H,1-4H2. The van der Waals surface area contributed by atoms with Crippen LogP contribution in [0.25, 0.3) is 0 Å². The van der Waals surface area contributed by atoms with Crippen LogP contribution in [0, 0.1) is 13.8 Å².